The number of carbonyl (C=O) groups is 1. The third-order valence-electron chi connectivity index (χ3n) is 6.07. The molecular weight excluding hydrogens is 350 g/mol. The molecule has 1 aliphatic heterocycles. The van der Waals surface area contributed by atoms with Gasteiger partial charge in [-0.25, -0.2) is 4.98 Å². The van der Waals surface area contributed by atoms with Crippen LogP contribution in [0.3, 0.4) is 0 Å². The fraction of sp³-hybridized carbons (Fsp3) is 0.478. The molecule has 1 atom stereocenters. The quantitative estimate of drug-likeness (QED) is 0.838. The van der Waals surface area contributed by atoms with Crippen LogP contribution in [-0.4, -0.2) is 49.1 Å². The Labute approximate surface area is 167 Å². The van der Waals surface area contributed by atoms with Crippen molar-refractivity contribution < 1.29 is 9.53 Å². The SMILES string of the molecule is COc1nc2c(cc1C(=O)NCCN1CCC(c3ccccc3C)C1)CCC2. The Hall–Kier alpha value is -2.40. The lowest BCUT2D eigenvalue weighted by molar-refractivity contribution is 0.0946. The number of rotatable bonds is 6. The maximum Gasteiger partial charge on any atom is 0.256 e. The van der Waals surface area contributed by atoms with Crippen molar-refractivity contribution in [2.45, 2.75) is 38.5 Å². The number of carbonyl (C=O) groups excluding carboxylic acids is 1. The maximum absolute atomic E-state index is 12.7. The topological polar surface area (TPSA) is 54.5 Å². The highest BCUT2D eigenvalue weighted by Crippen LogP contribution is 2.29. The van der Waals surface area contributed by atoms with Crippen LogP contribution in [0.1, 0.15) is 51.5 Å². The monoisotopic (exact) mass is 379 g/mol. The van der Waals surface area contributed by atoms with Gasteiger partial charge in [0.25, 0.3) is 5.91 Å². The molecule has 1 aromatic carbocycles. The van der Waals surface area contributed by atoms with Gasteiger partial charge in [-0.1, -0.05) is 24.3 Å². The normalized spacial score (nSPS) is 18.9. The van der Waals surface area contributed by atoms with E-state index in [1.54, 1.807) is 7.11 Å². The number of amides is 1. The molecule has 0 bridgehead atoms. The van der Waals surface area contributed by atoms with E-state index in [1.165, 1.54) is 23.1 Å². The summed E-state index contributed by atoms with van der Waals surface area (Å²) in [4.78, 5) is 19.7. The number of likely N-dealkylation sites (tertiary alicyclic amines) is 1. The molecule has 1 aliphatic carbocycles. The molecule has 2 heterocycles. The molecule has 2 aliphatic rings. The van der Waals surface area contributed by atoms with E-state index in [4.69, 9.17) is 4.74 Å². The first-order chi connectivity index (χ1) is 13.7. The zero-order valence-electron chi connectivity index (χ0n) is 16.8. The van der Waals surface area contributed by atoms with Gasteiger partial charge in [0.1, 0.15) is 5.56 Å². The van der Waals surface area contributed by atoms with Crippen LogP contribution in [0.15, 0.2) is 30.3 Å². The summed E-state index contributed by atoms with van der Waals surface area (Å²) < 4.78 is 5.36. The van der Waals surface area contributed by atoms with Crippen molar-refractivity contribution in [1.29, 1.82) is 0 Å². The first-order valence-corrected chi connectivity index (χ1v) is 10.3. The van der Waals surface area contributed by atoms with Crippen molar-refractivity contribution in [1.82, 2.24) is 15.2 Å². The molecule has 1 N–H and O–H groups in total. The van der Waals surface area contributed by atoms with Gasteiger partial charge in [0.05, 0.1) is 7.11 Å². The predicted molar refractivity (Wildman–Crippen MR) is 110 cm³/mol. The van der Waals surface area contributed by atoms with E-state index >= 15 is 0 Å². The Morgan fingerprint density at radius 3 is 3.00 bits per heavy atom. The number of methoxy groups -OCH3 is 1. The summed E-state index contributed by atoms with van der Waals surface area (Å²) in [6.45, 7) is 5.84. The summed E-state index contributed by atoms with van der Waals surface area (Å²) in [5, 5.41) is 3.06. The number of aryl methyl sites for hydroxylation is 3. The molecular formula is C23H29N3O2. The van der Waals surface area contributed by atoms with Crippen molar-refractivity contribution in [2.24, 2.45) is 0 Å². The second kappa shape index (κ2) is 8.31. The minimum atomic E-state index is -0.0892. The molecule has 1 fully saturated rings. The second-order valence-corrected chi connectivity index (χ2v) is 7.90. The average molecular weight is 380 g/mol. The van der Waals surface area contributed by atoms with Crippen LogP contribution in [0.5, 0.6) is 5.88 Å². The summed E-state index contributed by atoms with van der Waals surface area (Å²) >= 11 is 0. The first-order valence-electron chi connectivity index (χ1n) is 10.3. The minimum Gasteiger partial charge on any atom is -0.480 e. The number of nitrogens with one attached hydrogen (secondary N) is 1. The van der Waals surface area contributed by atoms with E-state index in [0.29, 0.717) is 23.9 Å². The summed E-state index contributed by atoms with van der Waals surface area (Å²) in [7, 11) is 1.58. The number of aromatic nitrogens is 1. The average Bonchev–Trinajstić information content (AvgIpc) is 3.36. The van der Waals surface area contributed by atoms with E-state index in [9.17, 15) is 4.79 Å². The highest BCUT2D eigenvalue weighted by molar-refractivity contribution is 5.96. The Kier molecular flexibility index (Phi) is 5.62. The Morgan fingerprint density at radius 1 is 1.32 bits per heavy atom. The minimum absolute atomic E-state index is 0.0892. The van der Waals surface area contributed by atoms with Gasteiger partial charge in [0.15, 0.2) is 0 Å². The molecule has 0 radical (unpaired) electrons. The van der Waals surface area contributed by atoms with E-state index in [-0.39, 0.29) is 5.91 Å². The number of benzene rings is 1. The van der Waals surface area contributed by atoms with Gasteiger partial charge in [-0.15, -0.1) is 0 Å². The smallest absolute Gasteiger partial charge is 0.256 e. The zero-order valence-corrected chi connectivity index (χ0v) is 16.8. The lowest BCUT2D eigenvalue weighted by Crippen LogP contribution is -2.34. The van der Waals surface area contributed by atoms with Crippen molar-refractivity contribution in [3.05, 3.63) is 58.3 Å². The highest BCUT2D eigenvalue weighted by atomic mass is 16.5. The fourth-order valence-corrected chi connectivity index (χ4v) is 4.53. The molecule has 2 aromatic rings. The molecule has 1 amide bonds. The summed E-state index contributed by atoms with van der Waals surface area (Å²) in [6.07, 6.45) is 4.26. The van der Waals surface area contributed by atoms with E-state index < -0.39 is 0 Å². The third-order valence-corrected chi connectivity index (χ3v) is 6.07. The largest absolute Gasteiger partial charge is 0.480 e. The maximum atomic E-state index is 12.7. The van der Waals surface area contributed by atoms with Gasteiger partial charge in [0, 0.05) is 25.3 Å². The molecule has 1 unspecified atom stereocenters. The first kappa shape index (κ1) is 18.9. The van der Waals surface area contributed by atoms with Crippen LogP contribution >= 0.6 is 0 Å². The predicted octanol–water partition coefficient (Wildman–Crippen LogP) is 3.11. The van der Waals surface area contributed by atoms with E-state index in [2.05, 4.69) is 46.4 Å². The fourth-order valence-electron chi connectivity index (χ4n) is 4.53. The molecule has 0 saturated carbocycles. The number of pyridine rings is 1. The van der Waals surface area contributed by atoms with Gasteiger partial charge in [-0.2, -0.15) is 0 Å². The number of fused-ring (bicyclic) bond motifs is 1. The van der Waals surface area contributed by atoms with Crippen LogP contribution in [0.4, 0.5) is 0 Å². The van der Waals surface area contributed by atoms with Crippen LogP contribution in [-0.2, 0) is 12.8 Å². The molecule has 28 heavy (non-hydrogen) atoms. The Morgan fingerprint density at radius 2 is 2.18 bits per heavy atom. The van der Waals surface area contributed by atoms with Gasteiger partial charge >= 0.3 is 0 Å². The second-order valence-electron chi connectivity index (χ2n) is 7.90. The number of ether oxygens (including phenoxy) is 1. The van der Waals surface area contributed by atoms with Crippen LogP contribution in [0, 0.1) is 6.92 Å². The van der Waals surface area contributed by atoms with Crippen LogP contribution in [0.2, 0.25) is 0 Å². The third kappa shape index (κ3) is 3.90. The van der Waals surface area contributed by atoms with E-state index in [0.717, 1.165) is 44.6 Å². The molecule has 1 saturated heterocycles. The van der Waals surface area contributed by atoms with Gasteiger partial charge < -0.3 is 15.0 Å². The number of hydrogen-bond acceptors (Lipinski definition) is 4. The Balaban J connectivity index is 1.31. The lowest BCUT2D eigenvalue weighted by atomic mass is 9.94. The lowest BCUT2D eigenvalue weighted by Gasteiger charge is -2.18. The zero-order chi connectivity index (χ0) is 19.5. The van der Waals surface area contributed by atoms with Crippen LogP contribution < -0.4 is 10.1 Å². The summed E-state index contributed by atoms with van der Waals surface area (Å²) in [6, 6.07) is 10.6. The molecule has 5 nitrogen and oxygen atoms in total. The van der Waals surface area contributed by atoms with Crippen molar-refractivity contribution >= 4 is 5.91 Å². The van der Waals surface area contributed by atoms with Gasteiger partial charge in [-0.05, 0) is 67.8 Å². The summed E-state index contributed by atoms with van der Waals surface area (Å²) in [5.74, 6) is 0.950. The molecule has 4 rings (SSSR count). The molecule has 1 aromatic heterocycles. The number of hydrogen-bond donors (Lipinski definition) is 1. The van der Waals surface area contributed by atoms with Crippen LogP contribution in [0.25, 0.3) is 0 Å². The van der Waals surface area contributed by atoms with Gasteiger partial charge in [-0.3, -0.25) is 4.79 Å². The molecule has 148 valence electrons. The van der Waals surface area contributed by atoms with Crippen molar-refractivity contribution in [3.63, 3.8) is 0 Å². The number of nitrogens with zero attached hydrogens (tertiary/aromatic N) is 2. The van der Waals surface area contributed by atoms with Crippen molar-refractivity contribution in [2.75, 3.05) is 33.3 Å². The molecule has 5 heteroatoms. The highest BCUT2D eigenvalue weighted by Gasteiger charge is 2.25. The standard InChI is InChI=1S/C23H29N3O2/c1-16-6-3-4-8-19(16)18-10-12-26(15-18)13-11-24-22(27)20-14-17-7-5-9-21(17)25-23(20)28-2/h3-4,6,8,14,18H,5,7,9-13,15H2,1-2H3,(H,24,27). The van der Waals surface area contributed by atoms with Crippen molar-refractivity contribution in [3.8, 4) is 5.88 Å². The van der Waals surface area contributed by atoms with E-state index in [1.807, 2.05) is 6.07 Å². The summed E-state index contributed by atoms with van der Waals surface area (Å²) in [5.41, 5.74) is 5.66. The molecule has 0 spiro atoms. The van der Waals surface area contributed by atoms with Gasteiger partial charge in [0.2, 0.25) is 5.88 Å². The Bertz CT molecular complexity index is 865.